The van der Waals surface area contributed by atoms with E-state index in [0.29, 0.717) is 5.56 Å². The molecule has 0 fully saturated rings. The Morgan fingerprint density at radius 1 is 0.840 bits per heavy atom. The molecule has 0 aliphatic heterocycles. The summed E-state index contributed by atoms with van der Waals surface area (Å²) in [4.78, 5) is 11.3. The number of nitrogens with one attached hydrogen (secondary N) is 1. The smallest absolute Gasteiger partial charge is 0.248 e. The zero-order chi connectivity index (χ0) is 17.6. The molecule has 0 bridgehead atoms. The molecule has 0 aromatic heterocycles. The predicted molar refractivity (Wildman–Crippen MR) is 102 cm³/mol. The molecule has 3 nitrogen and oxygen atoms in total. The number of carbonyl (C=O) groups is 1. The number of amides is 1. The predicted octanol–water partition coefficient (Wildman–Crippen LogP) is 4.05. The van der Waals surface area contributed by atoms with Crippen molar-refractivity contribution in [3.63, 3.8) is 0 Å². The van der Waals surface area contributed by atoms with Crippen molar-refractivity contribution in [3.05, 3.63) is 95.1 Å². The Hall–Kier alpha value is -2.91. The maximum atomic E-state index is 11.3. The fourth-order valence-electron chi connectivity index (χ4n) is 2.84. The lowest BCUT2D eigenvalue weighted by molar-refractivity contribution is 0.100. The van der Waals surface area contributed by atoms with Crippen LogP contribution < -0.4 is 11.1 Å². The van der Waals surface area contributed by atoms with Crippen molar-refractivity contribution in [1.29, 1.82) is 0 Å². The van der Waals surface area contributed by atoms with Crippen molar-refractivity contribution in [3.8, 4) is 11.1 Å². The summed E-state index contributed by atoms with van der Waals surface area (Å²) < 4.78 is 0. The van der Waals surface area contributed by atoms with Crippen LogP contribution >= 0.6 is 0 Å². The van der Waals surface area contributed by atoms with E-state index in [0.717, 1.165) is 24.2 Å². The van der Waals surface area contributed by atoms with Crippen LogP contribution in [0.4, 0.5) is 0 Å². The van der Waals surface area contributed by atoms with E-state index in [4.69, 9.17) is 5.73 Å². The van der Waals surface area contributed by atoms with E-state index in [1.54, 1.807) is 6.07 Å². The first-order chi connectivity index (χ1) is 12.1. The lowest BCUT2D eigenvalue weighted by Crippen LogP contribution is -2.12. The van der Waals surface area contributed by atoms with Crippen LogP contribution in [0.3, 0.4) is 0 Å². The van der Waals surface area contributed by atoms with Gasteiger partial charge in [0.25, 0.3) is 0 Å². The van der Waals surface area contributed by atoms with Gasteiger partial charge in [0, 0.05) is 18.7 Å². The maximum absolute atomic E-state index is 11.3. The third-order valence-corrected chi connectivity index (χ3v) is 4.18. The van der Waals surface area contributed by atoms with Gasteiger partial charge in [-0.1, -0.05) is 66.2 Å². The number of hydrogen-bond donors (Lipinski definition) is 2. The van der Waals surface area contributed by atoms with Crippen molar-refractivity contribution in [2.75, 3.05) is 0 Å². The van der Waals surface area contributed by atoms with E-state index >= 15 is 0 Å². The highest BCUT2D eigenvalue weighted by molar-refractivity contribution is 5.94. The summed E-state index contributed by atoms with van der Waals surface area (Å²) in [6.45, 7) is 3.77. The average molecular weight is 330 g/mol. The molecule has 0 heterocycles. The Morgan fingerprint density at radius 2 is 1.56 bits per heavy atom. The van der Waals surface area contributed by atoms with E-state index in [1.807, 2.05) is 18.2 Å². The molecular formula is C22H22N2O. The zero-order valence-electron chi connectivity index (χ0n) is 14.3. The van der Waals surface area contributed by atoms with Crippen LogP contribution in [0.2, 0.25) is 0 Å². The number of rotatable bonds is 6. The molecular weight excluding hydrogens is 308 g/mol. The number of benzene rings is 3. The molecule has 3 rings (SSSR count). The van der Waals surface area contributed by atoms with Gasteiger partial charge in [-0.15, -0.1) is 0 Å². The van der Waals surface area contributed by atoms with Gasteiger partial charge >= 0.3 is 0 Å². The SMILES string of the molecule is Cc1cccc(CNCc2ccc(-c3cccc(C(N)=O)c3)cc2)c1. The molecule has 3 N–H and O–H groups in total. The molecule has 3 heteroatoms. The number of nitrogens with two attached hydrogens (primary N) is 1. The Balaban J connectivity index is 1.62. The summed E-state index contributed by atoms with van der Waals surface area (Å²) in [7, 11) is 0. The molecule has 0 spiro atoms. The average Bonchev–Trinajstić information content (AvgIpc) is 2.62. The van der Waals surface area contributed by atoms with E-state index < -0.39 is 5.91 Å². The second-order valence-electron chi connectivity index (χ2n) is 6.23. The highest BCUT2D eigenvalue weighted by Gasteiger charge is 2.03. The molecule has 0 aliphatic carbocycles. The summed E-state index contributed by atoms with van der Waals surface area (Å²) in [5.74, 6) is -0.404. The van der Waals surface area contributed by atoms with Crippen LogP contribution in [0.1, 0.15) is 27.0 Å². The van der Waals surface area contributed by atoms with Crippen LogP contribution in [0.5, 0.6) is 0 Å². The molecule has 0 radical (unpaired) electrons. The standard InChI is InChI=1S/C22H22N2O/c1-16-4-2-5-18(12-16)15-24-14-17-8-10-19(11-9-17)20-6-3-7-21(13-20)22(23)25/h2-13,24H,14-15H2,1H3,(H2,23,25). The van der Waals surface area contributed by atoms with Crippen LogP contribution in [0, 0.1) is 6.92 Å². The van der Waals surface area contributed by atoms with Crippen molar-refractivity contribution in [2.24, 2.45) is 5.73 Å². The van der Waals surface area contributed by atoms with E-state index in [1.165, 1.54) is 16.7 Å². The molecule has 126 valence electrons. The van der Waals surface area contributed by atoms with Gasteiger partial charge < -0.3 is 11.1 Å². The molecule has 0 saturated heterocycles. The van der Waals surface area contributed by atoms with Crippen LogP contribution in [0.25, 0.3) is 11.1 Å². The van der Waals surface area contributed by atoms with Crippen molar-refractivity contribution in [2.45, 2.75) is 20.0 Å². The molecule has 0 aliphatic rings. The third-order valence-electron chi connectivity index (χ3n) is 4.18. The fourth-order valence-corrected chi connectivity index (χ4v) is 2.84. The first kappa shape index (κ1) is 16.9. The molecule has 0 unspecified atom stereocenters. The van der Waals surface area contributed by atoms with Gasteiger partial charge in [0.2, 0.25) is 5.91 Å². The minimum absolute atomic E-state index is 0.404. The first-order valence-electron chi connectivity index (χ1n) is 8.37. The fraction of sp³-hybridized carbons (Fsp3) is 0.136. The molecule has 0 saturated carbocycles. The number of carbonyl (C=O) groups excluding carboxylic acids is 1. The number of hydrogen-bond acceptors (Lipinski definition) is 2. The van der Waals surface area contributed by atoms with Crippen molar-refractivity contribution >= 4 is 5.91 Å². The van der Waals surface area contributed by atoms with E-state index in [-0.39, 0.29) is 0 Å². The summed E-state index contributed by atoms with van der Waals surface area (Å²) in [6, 6.07) is 24.3. The van der Waals surface area contributed by atoms with Gasteiger partial charge in [-0.2, -0.15) is 0 Å². The van der Waals surface area contributed by atoms with Crippen LogP contribution in [0.15, 0.2) is 72.8 Å². The lowest BCUT2D eigenvalue weighted by Gasteiger charge is -2.08. The normalized spacial score (nSPS) is 10.6. The third kappa shape index (κ3) is 4.55. The van der Waals surface area contributed by atoms with Gasteiger partial charge in [0.1, 0.15) is 0 Å². The molecule has 1 amide bonds. The van der Waals surface area contributed by atoms with Gasteiger partial charge in [0.05, 0.1) is 0 Å². The monoisotopic (exact) mass is 330 g/mol. The second-order valence-corrected chi connectivity index (χ2v) is 6.23. The van der Waals surface area contributed by atoms with Gasteiger partial charge in [0.15, 0.2) is 0 Å². The van der Waals surface area contributed by atoms with Crippen molar-refractivity contribution in [1.82, 2.24) is 5.32 Å². The van der Waals surface area contributed by atoms with E-state index in [9.17, 15) is 4.79 Å². The van der Waals surface area contributed by atoms with Crippen LogP contribution in [-0.4, -0.2) is 5.91 Å². The molecule has 3 aromatic rings. The summed E-state index contributed by atoms with van der Waals surface area (Å²) in [6.07, 6.45) is 0. The lowest BCUT2D eigenvalue weighted by atomic mass is 10.0. The molecule has 25 heavy (non-hydrogen) atoms. The Morgan fingerprint density at radius 3 is 2.28 bits per heavy atom. The highest BCUT2D eigenvalue weighted by atomic mass is 16.1. The topological polar surface area (TPSA) is 55.1 Å². The number of aryl methyl sites for hydroxylation is 1. The summed E-state index contributed by atoms with van der Waals surface area (Å²) >= 11 is 0. The minimum atomic E-state index is -0.404. The summed E-state index contributed by atoms with van der Waals surface area (Å²) in [5.41, 5.74) is 11.7. The van der Waals surface area contributed by atoms with Crippen LogP contribution in [-0.2, 0) is 13.1 Å². The minimum Gasteiger partial charge on any atom is -0.366 e. The summed E-state index contributed by atoms with van der Waals surface area (Å²) in [5, 5.41) is 3.47. The molecule has 3 aromatic carbocycles. The highest BCUT2D eigenvalue weighted by Crippen LogP contribution is 2.21. The van der Waals surface area contributed by atoms with E-state index in [2.05, 4.69) is 60.8 Å². The van der Waals surface area contributed by atoms with Gasteiger partial charge in [-0.05, 0) is 41.3 Å². The van der Waals surface area contributed by atoms with Gasteiger partial charge in [-0.3, -0.25) is 4.79 Å². The Bertz CT molecular complexity index is 869. The van der Waals surface area contributed by atoms with Crippen molar-refractivity contribution < 1.29 is 4.79 Å². The zero-order valence-corrected chi connectivity index (χ0v) is 14.3. The second kappa shape index (κ2) is 7.77. The Labute approximate surface area is 148 Å². The quantitative estimate of drug-likeness (QED) is 0.716. The maximum Gasteiger partial charge on any atom is 0.248 e. The number of primary amides is 1. The largest absolute Gasteiger partial charge is 0.366 e. The first-order valence-corrected chi connectivity index (χ1v) is 8.37. The van der Waals surface area contributed by atoms with Gasteiger partial charge in [-0.25, -0.2) is 0 Å². The Kier molecular flexibility index (Phi) is 5.26. The molecule has 0 atom stereocenters.